The molecule has 0 aliphatic carbocycles. The average Bonchev–Trinajstić information content (AvgIpc) is 3.37. The normalized spacial score (nSPS) is 16.1. The maximum Gasteiger partial charge on any atom is 0.270 e. The fourth-order valence-corrected chi connectivity index (χ4v) is 3.91. The number of aromatic amines is 1. The highest BCUT2D eigenvalue weighted by Gasteiger charge is 2.29. The molecule has 0 unspecified atom stereocenters. The van der Waals surface area contributed by atoms with E-state index in [9.17, 15) is 9.59 Å². The Labute approximate surface area is 164 Å². The molecule has 0 bridgehead atoms. The molecule has 2 amide bonds. The van der Waals surface area contributed by atoms with Crippen molar-refractivity contribution in [2.45, 2.75) is 39.2 Å². The van der Waals surface area contributed by atoms with Crippen molar-refractivity contribution in [3.63, 3.8) is 0 Å². The molecule has 3 heterocycles. The van der Waals surface area contributed by atoms with Crippen LogP contribution in [-0.4, -0.2) is 41.5 Å². The first-order valence-corrected chi connectivity index (χ1v) is 9.67. The number of carbonyl (C=O) groups excluding carboxylic acids is 2. The van der Waals surface area contributed by atoms with Gasteiger partial charge in [0, 0.05) is 31.8 Å². The summed E-state index contributed by atoms with van der Waals surface area (Å²) in [6.07, 6.45) is 2.13. The second-order valence-corrected chi connectivity index (χ2v) is 7.95. The van der Waals surface area contributed by atoms with Crippen molar-refractivity contribution in [1.82, 2.24) is 15.2 Å². The molecule has 28 heavy (non-hydrogen) atoms. The lowest BCUT2D eigenvalue weighted by Gasteiger charge is -2.27. The standard InChI is InChI=1S/C21H26N4O3/c1-14(26)23-21(2,3)15-6-8-16(9-7-15)25-13-28-18-12-17(22-19(18)25)20(27)24-10-4-5-11-24/h6-9,12,22H,4-5,10-11,13H2,1-3H3,(H,23,26). The lowest BCUT2D eigenvalue weighted by molar-refractivity contribution is -0.120. The number of likely N-dealkylation sites (tertiary alicyclic amines) is 1. The molecule has 0 atom stereocenters. The Morgan fingerprint density at radius 3 is 2.46 bits per heavy atom. The van der Waals surface area contributed by atoms with E-state index in [2.05, 4.69) is 10.3 Å². The molecule has 1 aromatic carbocycles. The number of nitrogens with one attached hydrogen (secondary N) is 2. The lowest BCUT2D eigenvalue weighted by atomic mass is 9.94. The maximum absolute atomic E-state index is 12.6. The van der Waals surface area contributed by atoms with Crippen LogP contribution in [0.1, 0.15) is 49.7 Å². The first kappa shape index (κ1) is 18.4. The highest BCUT2D eigenvalue weighted by molar-refractivity contribution is 5.95. The van der Waals surface area contributed by atoms with Crippen molar-refractivity contribution >= 4 is 23.3 Å². The fourth-order valence-electron chi connectivity index (χ4n) is 3.91. The number of anilines is 2. The van der Waals surface area contributed by atoms with Crippen molar-refractivity contribution in [2.24, 2.45) is 0 Å². The smallest absolute Gasteiger partial charge is 0.270 e. The van der Waals surface area contributed by atoms with Gasteiger partial charge in [0.2, 0.25) is 5.91 Å². The molecule has 0 spiro atoms. The number of hydrogen-bond acceptors (Lipinski definition) is 4. The van der Waals surface area contributed by atoms with Crippen LogP contribution >= 0.6 is 0 Å². The summed E-state index contributed by atoms with van der Waals surface area (Å²) in [6, 6.07) is 9.80. The monoisotopic (exact) mass is 382 g/mol. The van der Waals surface area contributed by atoms with E-state index in [1.807, 2.05) is 47.9 Å². The molecule has 148 valence electrons. The van der Waals surface area contributed by atoms with Crippen LogP contribution in [0, 0.1) is 0 Å². The van der Waals surface area contributed by atoms with Gasteiger partial charge in [0.05, 0.1) is 5.54 Å². The van der Waals surface area contributed by atoms with E-state index in [0.717, 1.165) is 43.0 Å². The van der Waals surface area contributed by atoms with Crippen molar-refractivity contribution in [3.8, 4) is 5.75 Å². The molecule has 0 radical (unpaired) electrons. The Morgan fingerprint density at radius 2 is 1.82 bits per heavy atom. The third-order valence-corrected chi connectivity index (χ3v) is 5.39. The Balaban J connectivity index is 1.54. The number of aromatic nitrogens is 1. The molecule has 2 aromatic rings. The number of ether oxygens (including phenoxy) is 1. The van der Waals surface area contributed by atoms with Crippen LogP contribution < -0.4 is 15.0 Å². The minimum Gasteiger partial charge on any atom is -0.469 e. The summed E-state index contributed by atoms with van der Waals surface area (Å²) in [5, 5.41) is 2.96. The number of nitrogens with zero attached hydrogens (tertiary/aromatic N) is 2. The number of hydrogen-bond donors (Lipinski definition) is 2. The van der Waals surface area contributed by atoms with Gasteiger partial charge in [0.15, 0.2) is 18.3 Å². The summed E-state index contributed by atoms with van der Waals surface area (Å²) in [4.78, 5) is 31.2. The van der Waals surface area contributed by atoms with Gasteiger partial charge in [-0.3, -0.25) is 14.5 Å². The van der Waals surface area contributed by atoms with Crippen molar-refractivity contribution in [1.29, 1.82) is 0 Å². The molecule has 2 N–H and O–H groups in total. The summed E-state index contributed by atoms with van der Waals surface area (Å²) in [5.74, 6) is 1.47. The molecular weight excluding hydrogens is 356 g/mol. The zero-order chi connectivity index (χ0) is 19.9. The van der Waals surface area contributed by atoms with E-state index in [1.54, 1.807) is 6.07 Å². The SMILES string of the molecule is CC(=O)NC(C)(C)c1ccc(N2COc3cc(C(=O)N4CCCC4)[nH]c32)cc1. The quantitative estimate of drug-likeness (QED) is 0.852. The third-order valence-electron chi connectivity index (χ3n) is 5.39. The molecule has 0 saturated carbocycles. The Kier molecular flexibility index (Phi) is 4.53. The predicted octanol–water partition coefficient (Wildman–Crippen LogP) is 3.11. The number of amides is 2. The van der Waals surface area contributed by atoms with E-state index in [4.69, 9.17) is 4.74 Å². The molecule has 2 aliphatic rings. The summed E-state index contributed by atoms with van der Waals surface area (Å²) in [6.45, 7) is 7.50. The van der Waals surface area contributed by atoms with E-state index in [1.165, 1.54) is 6.92 Å². The molecule has 4 rings (SSSR count). The highest BCUT2D eigenvalue weighted by Crippen LogP contribution is 2.39. The minimum absolute atomic E-state index is 0.0304. The fraction of sp³-hybridized carbons (Fsp3) is 0.429. The Hall–Kier alpha value is -2.96. The van der Waals surface area contributed by atoms with Crippen molar-refractivity contribution < 1.29 is 14.3 Å². The van der Waals surface area contributed by atoms with E-state index >= 15 is 0 Å². The van der Waals surface area contributed by atoms with Crippen LogP contribution in [0.25, 0.3) is 0 Å². The van der Waals surface area contributed by atoms with Gasteiger partial charge >= 0.3 is 0 Å². The van der Waals surface area contributed by atoms with Crippen LogP contribution in [-0.2, 0) is 10.3 Å². The number of carbonyl (C=O) groups is 2. The van der Waals surface area contributed by atoms with E-state index < -0.39 is 5.54 Å². The van der Waals surface area contributed by atoms with Crippen molar-refractivity contribution in [2.75, 3.05) is 24.7 Å². The summed E-state index contributed by atoms with van der Waals surface area (Å²) >= 11 is 0. The Morgan fingerprint density at radius 1 is 1.14 bits per heavy atom. The molecular formula is C21H26N4O3. The summed E-state index contributed by atoms with van der Waals surface area (Å²) in [5.41, 5.74) is 2.10. The average molecular weight is 382 g/mol. The van der Waals surface area contributed by atoms with E-state index in [-0.39, 0.29) is 11.8 Å². The molecule has 1 saturated heterocycles. The van der Waals surface area contributed by atoms with Gasteiger partial charge in [0.25, 0.3) is 5.91 Å². The molecule has 7 nitrogen and oxygen atoms in total. The number of benzene rings is 1. The number of fused-ring (bicyclic) bond motifs is 1. The lowest BCUT2D eigenvalue weighted by Crippen LogP contribution is -2.39. The maximum atomic E-state index is 12.6. The molecule has 1 aromatic heterocycles. The minimum atomic E-state index is -0.446. The summed E-state index contributed by atoms with van der Waals surface area (Å²) < 4.78 is 5.78. The molecule has 2 aliphatic heterocycles. The number of H-pyrrole nitrogens is 1. The first-order valence-electron chi connectivity index (χ1n) is 9.67. The molecule has 7 heteroatoms. The van der Waals surface area contributed by atoms with Gasteiger partial charge in [-0.25, -0.2) is 0 Å². The van der Waals surface area contributed by atoms with Crippen LogP contribution in [0.15, 0.2) is 30.3 Å². The second-order valence-electron chi connectivity index (χ2n) is 7.95. The number of rotatable bonds is 4. The van der Waals surface area contributed by atoms with Gasteiger partial charge in [-0.1, -0.05) is 12.1 Å². The van der Waals surface area contributed by atoms with Gasteiger partial charge in [0.1, 0.15) is 5.69 Å². The zero-order valence-corrected chi connectivity index (χ0v) is 16.5. The van der Waals surface area contributed by atoms with Gasteiger partial charge in [-0.2, -0.15) is 0 Å². The molecule has 1 fully saturated rings. The van der Waals surface area contributed by atoms with Gasteiger partial charge in [-0.05, 0) is 44.4 Å². The third kappa shape index (κ3) is 3.32. The first-order chi connectivity index (χ1) is 13.3. The topological polar surface area (TPSA) is 77.7 Å². The highest BCUT2D eigenvalue weighted by atomic mass is 16.5. The second kappa shape index (κ2) is 6.89. The van der Waals surface area contributed by atoms with E-state index in [0.29, 0.717) is 18.2 Å². The Bertz CT molecular complexity index is 895. The largest absolute Gasteiger partial charge is 0.469 e. The van der Waals surface area contributed by atoms with Crippen molar-refractivity contribution in [3.05, 3.63) is 41.6 Å². The van der Waals surface area contributed by atoms with Crippen LogP contribution in [0.2, 0.25) is 0 Å². The predicted molar refractivity (Wildman–Crippen MR) is 107 cm³/mol. The van der Waals surface area contributed by atoms with Crippen LogP contribution in [0.3, 0.4) is 0 Å². The van der Waals surface area contributed by atoms with Gasteiger partial charge in [-0.15, -0.1) is 0 Å². The van der Waals surface area contributed by atoms with Crippen LogP contribution in [0.4, 0.5) is 11.5 Å². The zero-order valence-electron chi connectivity index (χ0n) is 16.5. The van der Waals surface area contributed by atoms with Gasteiger partial charge < -0.3 is 19.9 Å². The van der Waals surface area contributed by atoms with Crippen LogP contribution in [0.5, 0.6) is 5.75 Å². The summed E-state index contributed by atoms with van der Waals surface area (Å²) in [7, 11) is 0.